The molecule has 126 valence electrons. The predicted molar refractivity (Wildman–Crippen MR) is 92.0 cm³/mol. The van der Waals surface area contributed by atoms with E-state index in [4.69, 9.17) is 4.74 Å². The van der Waals surface area contributed by atoms with Gasteiger partial charge in [0, 0.05) is 18.0 Å². The summed E-state index contributed by atoms with van der Waals surface area (Å²) in [5.41, 5.74) is 0.387. The molecule has 7 nitrogen and oxygen atoms in total. The molecule has 0 radical (unpaired) electrons. The second-order valence-electron chi connectivity index (χ2n) is 4.96. The van der Waals surface area contributed by atoms with Gasteiger partial charge in [-0.3, -0.25) is 10.1 Å². The maximum absolute atomic E-state index is 12.2. The van der Waals surface area contributed by atoms with Crippen LogP contribution in [0.15, 0.2) is 24.5 Å². The van der Waals surface area contributed by atoms with Gasteiger partial charge < -0.3 is 9.47 Å². The van der Waals surface area contributed by atoms with Crippen LogP contribution in [0.25, 0.3) is 0 Å². The number of nitrogens with zero attached hydrogens (tertiary/aromatic N) is 2. The highest BCUT2D eigenvalue weighted by molar-refractivity contribution is 7.99. The van der Waals surface area contributed by atoms with Crippen LogP contribution in [-0.2, 0) is 4.74 Å². The largest absolute Gasteiger partial charge is 0.473 e. The average Bonchev–Trinajstić information content (AvgIpc) is 3.27. The lowest BCUT2D eigenvalue weighted by atomic mass is 10.2. The van der Waals surface area contributed by atoms with E-state index in [9.17, 15) is 9.59 Å². The SMILES string of the molecule is COC(=O)c1cnc(NC(=O)c2ccc(OC3CCSC3)nc2)s1. The fourth-order valence-corrected chi connectivity index (χ4v) is 3.88. The van der Waals surface area contributed by atoms with Crippen molar-refractivity contribution in [2.24, 2.45) is 0 Å². The van der Waals surface area contributed by atoms with Crippen LogP contribution in [0.4, 0.5) is 5.13 Å². The van der Waals surface area contributed by atoms with E-state index < -0.39 is 5.97 Å². The minimum atomic E-state index is -0.485. The van der Waals surface area contributed by atoms with Crippen molar-refractivity contribution in [3.63, 3.8) is 0 Å². The van der Waals surface area contributed by atoms with Crippen LogP contribution in [0.3, 0.4) is 0 Å². The first-order chi connectivity index (χ1) is 11.7. The van der Waals surface area contributed by atoms with E-state index in [2.05, 4.69) is 20.0 Å². The molecule has 1 fully saturated rings. The van der Waals surface area contributed by atoms with Crippen molar-refractivity contribution in [2.45, 2.75) is 12.5 Å². The molecule has 2 aromatic heterocycles. The van der Waals surface area contributed by atoms with E-state index >= 15 is 0 Å². The van der Waals surface area contributed by atoms with E-state index in [1.807, 2.05) is 11.8 Å². The van der Waals surface area contributed by atoms with Crippen LogP contribution in [-0.4, -0.2) is 46.6 Å². The number of esters is 1. The van der Waals surface area contributed by atoms with Gasteiger partial charge in [-0.1, -0.05) is 11.3 Å². The van der Waals surface area contributed by atoms with Crippen molar-refractivity contribution in [3.05, 3.63) is 35.0 Å². The number of nitrogens with one attached hydrogen (secondary N) is 1. The van der Waals surface area contributed by atoms with Crippen LogP contribution >= 0.6 is 23.1 Å². The van der Waals surface area contributed by atoms with E-state index in [1.54, 1.807) is 12.1 Å². The maximum atomic E-state index is 12.2. The minimum absolute atomic E-state index is 0.189. The van der Waals surface area contributed by atoms with Crippen molar-refractivity contribution < 1.29 is 19.1 Å². The Hall–Kier alpha value is -2.13. The van der Waals surface area contributed by atoms with E-state index in [-0.39, 0.29) is 12.0 Å². The number of aromatic nitrogens is 2. The van der Waals surface area contributed by atoms with Gasteiger partial charge in [-0.2, -0.15) is 11.8 Å². The van der Waals surface area contributed by atoms with Crippen molar-refractivity contribution >= 4 is 40.1 Å². The summed E-state index contributed by atoms with van der Waals surface area (Å²) in [6, 6.07) is 3.33. The standard InChI is InChI=1S/C15H15N3O4S2/c1-21-14(20)11-7-17-15(24-11)18-13(19)9-2-3-12(16-6-9)22-10-4-5-23-8-10/h2-3,6-7,10H,4-5,8H2,1H3,(H,17,18,19). The summed E-state index contributed by atoms with van der Waals surface area (Å²) >= 11 is 2.91. The average molecular weight is 365 g/mol. The smallest absolute Gasteiger partial charge is 0.349 e. The van der Waals surface area contributed by atoms with Crippen LogP contribution in [0.5, 0.6) is 5.88 Å². The van der Waals surface area contributed by atoms with Crippen molar-refractivity contribution in [3.8, 4) is 5.88 Å². The molecular formula is C15H15N3O4S2. The van der Waals surface area contributed by atoms with Crippen LogP contribution in [0.1, 0.15) is 26.5 Å². The summed E-state index contributed by atoms with van der Waals surface area (Å²) in [6.07, 6.45) is 4.03. The zero-order valence-corrected chi connectivity index (χ0v) is 14.5. The normalized spacial score (nSPS) is 16.6. The molecule has 1 unspecified atom stereocenters. The van der Waals surface area contributed by atoms with Gasteiger partial charge in [-0.25, -0.2) is 14.8 Å². The predicted octanol–water partition coefficient (Wildman–Crippen LogP) is 2.46. The molecule has 0 spiro atoms. The summed E-state index contributed by atoms with van der Waals surface area (Å²) in [6.45, 7) is 0. The highest BCUT2D eigenvalue weighted by atomic mass is 32.2. The highest BCUT2D eigenvalue weighted by Crippen LogP contribution is 2.22. The van der Waals surface area contributed by atoms with Gasteiger partial charge in [-0.15, -0.1) is 0 Å². The fourth-order valence-electron chi connectivity index (χ4n) is 2.06. The zero-order chi connectivity index (χ0) is 16.9. The third kappa shape index (κ3) is 4.04. The Labute approximate surface area is 146 Å². The quantitative estimate of drug-likeness (QED) is 0.814. The molecule has 0 aromatic carbocycles. The fraction of sp³-hybridized carbons (Fsp3) is 0.333. The maximum Gasteiger partial charge on any atom is 0.349 e. The Morgan fingerprint density at radius 1 is 1.29 bits per heavy atom. The molecule has 0 bridgehead atoms. The summed E-state index contributed by atoms with van der Waals surface area (Å²) < 4.78 is 10.3. The summed E-state index contributed by atoms with van der Waals surface area (Å²) in [5.74, 6) is 1.75. The Bertz CT molecular complexity index is 727. The van der Waals surface area contributed by atoms with Gasteiger partial charge in [0.25, 0.3) is 5.91 Å². The first-order valence-corrected chi connectivity index (χ1v) is 9.19. The molecule has 0 saturated carbocycles. The van der Waals surface area contributed by atoms with Crippen molar-refractivity contribution in [2.75, 3.05) is 23.9 Å². The molecule has 1 saturated heterocycles. The topological polar surface area (TPSA) is 90.4 Å². The molecule has 0 aliphatic carbocycles. The summed E-state index contributed by atoms with van der Waals surface area (Å²) in [7, 11) is 1.29. The molecular weight excluding hydrogens is 350 g/mol. The number of hydrogen-bond donors (Lipinski definition) is 1. The number of amides is 1. The third-order valence-corrected chi connectivity index (χ3v) is 5.31. The lowest BCUT2D eigenvalue weighted by molar-refractivity contribution is 0.0606. The molecule has 2 aromatic rings. The van der Waals surface area contributed by atoms with Gasteiger partial charge in [0.2, 0.25) is 5.88 Å². The van der Waals surface area contributed by atoms with Gasteiger partial charge in [0.1, 0.15) is 11.0 Å². The first kappa shape index (κ1) is 16.7. The Morgan fingerprint density at radius 3 is 2.83 bits per heavy atom. The van der Waals surface area contributed by atoms with Crippen LogP contribution in [0.2, 0.25) is 0 Å². The van der Waals surface area contributed by atoms with E-state index in [1.165, 1.54) is 19.5 Å². The number of thioether (sulfide) groups is 1. The number of anilines is 1. The number of thiazole rings is 1. The summed E-state index contributed by atoms with van der Waals surface area (Å²) in [4.78, 5) is 32.0. The summed E-state index contributed by atoms with van der Waals surface area (Å²) in [5, 5.41) is 2.95. The Balaban J connectivity index is 1.60. The first-order valence-electron chi connectivity index (χ1n) is 7.21. The van der Waals surface area contributed by atoms with Crippen LogP contribution in [0, 0.1) is 0 Å². The Kier molecular flexibility index (Phi) is 5.31. The molecule has 24 heavy (non-hydrogen) atoms. The monoisotopic (exact) mass is 365 g/mol. The second kappa shape index (κ2) is 7.63. The van der Waals surface area contributed by atoms with Crippen molar-refractivity contribution in [1.29, 1.82) is 0 Å². The van der Waals surface area contributed by atoms with Gasteiger partial charge in [0.15, 0.2) is 5.13 Å². The molecule has 1 amide bonds. The van der Waals surface area contributed by atoms with Gasteiger partial charge in [-0.05, 0) is 18.2 Å². The second-order valence-corrected chi connectivity index (χ2v) is 7.14. The molecule has 3 heterocycles. The number of carbonyl (C=O) groups excluding carboxylic acids is 2. The number of methoxy groups -OCH3 is 1. The lowest BCUT2D eigenvalue weighted by Gasteiger charge is -2.11. The third-order valence-electron chi connectivity index (χ3n) is 3.29. The van der Waals surface area contributed by atoms with Crippen molar-refractivity contribution in [1.82, 2.24) is 9.97 Å². The highest BCUT2D eigenvalue weighted by Gasteiger charge is 2.18. The van der Waals surface area contributed by atoms with E-state index in [0.717, 1.165) is 29.3 Å². The number of rotatable bonds is 5. The molecule has 9 heteroatoms. The number of hydrogen-bond acceptors (Lipinski definition) is 8. The molecule has 1 atom stereocenters. The Morgan fingerprint density at radius 2 is 2.17 bits per heavy atom. The molecule has 1 aliphatic heterocycles. The number of pyridine rings is 1. The number of ether oxygens (including phenoxy) is 2. The number of carbonyl (C=O) groups is 2. The zero-order valence-electron chi connectivity index (χ0n) is 12.9. The van der Waals surface area contributed by atoms with Gasteiger partial charge in [0.05, 0.1) is 18.9 Å². The lowest BCUT2D eigenvalue weighted by Crippen LogP contribution is -2.16. The minimum Gasteiger partial charge on any atom is -0.473 e. The van der Waals surface area contributed by atoms with Crippen LogP contribution < -0.4 is 10.1 Å². The molecule has 1 N–H and O–H groups in total. The van der Waals surface area contributed by atoms with Gasteiger partial charge >= 0.3 is 5.97 Å². The molecule has 1 aliphatic rings. The van der Waals surface area contributed by atoms with E-state index in [0.29, 0.717) is 21.5 Å². The molecule has 3 rings (SSSR count).